The monoisotopic (exact) mass is 338 g/mol. The van der Waals surface area contributed by atoms with Crippen molar-refractivity contribution in [2.75, 3.05) is 17.2 Å². The quantitative estimate of drug-likeness (QED) is 0.747. The minimum atomic E-state index is -1.01. The van der Waals surface area contributed by atoms with E-state index in [0.29, 0.717) is 23.0 Å². The van der Waals surface area contributed by atoms with E-state index in [1.807, 2.05) is 0 Å². The molecule has 1 aliphatic rings. The first-order valence-electron chi connectivity index (χ1n) is 7.65. The second kappa shape index (κ2) is 6.64. The van der Waals surface area contributed by atoms with Gasteiger partial charge in [0.25, 0.3) is 0 Å². The number of pyridine rings is 1. The van der Waals surface area contributed by atoms with Crippen molar-refractivity contribution in [3.05, 3.63) is 18.6 Å². The summed E-state index contributed by atoms with van der Waals surface area (Å²) in [5.41, 5.74) is 7.10. The van der Waals surface area contributed by atoms with Crippen LogP contribution in [0.3, 0.4) is 0 Å². The van der Waals surface area contributed by atoms with Gasteiger partial charge in [-0.1, -0.05) is 13.8 Å². The summed E-state index contributed by atoms with van der Waals surface area (Å²) >= 11 is 1.72. The molecule has 4 atom stereocenters. The fourth-order valence-corrected chi connectivity index (χ4v) is 3.82. The van der Waals surface area contributed by atoms with Crippen molar-refractivity contribution >= 4 is 28.6 Å². The Morgan fingerprint density at radius 3 is 2.87 bits per heavy atom. The van der Waals surface area contributed by atoms with Crippen LogP contribution in [0.4, 0.5) is 5.82 Å². The van der Waals surface area contributed by atoms with E-state index in [1.54, 1.807) is 34.9 Å². The summed E-state index contributed by atoms with van der Waals surface area (Å²) < 4.78 is 7.60. The van der Waals surface area contributed by atoms with E-state index in [-0.39, 0.29) is 0 Å². The van der Waals surface area contributed by atoms with Crippen LogP contribution in [0, 0.1) is 5.92 Å². The van der Waals surface area contributed by atoms with Gasteiger partial charge in [-0.05, 0) is 17.7 Å². The summed E-state index contributed by atoms with van der Waals surface area (Å²) in [6.07, 6.45) is 0.135. The van der Waals surface area contributed by atoms with E-state index in [2.05, 4.69) is 23.8 Å². The first kappa shape index (κ1) is 16.5. The maximum Gasteiger partial charge on any atom is 0.164 e. The van der Waals surface area contributed by atoms with Crippen LogP contribution in [0.25, 0.3) is 11.0 Å². The zero-order chi connectivity index (χ0) is 16.6. The molecule has 3 heterocycles. The highest BCUT2D eigenvalue weighted by Gasteiger charge is 2.43. The van der Waals surface area contributed by atoms with Crippen LogP contribution in [0.15, 0.2) is 18.6 Å². The Labute approximate surface area is 138 Å². The van der Waals surface area contributed by atoms with Gasteiger partial charge >= 0.3 is 0 Å². The number of thioether (sulfide) groups is 1. The lowest BCUT2D eigenvalue weighted by Crippen LogP contribution is -2.32. The van der Waals surface area contributed by atoms with E-state index in [9.17, 15) is 10.2 Å². The maximum absolute atomic E-state index is 10.4. The largest absolute Gasteiger partial charge is 0.387 e. The number of aliphatic hydroxyl groups is 2. The lowest BCUT2D eigenvalue weighted by atomic mass is 10.1. The Morgan fingerprint density at radius 1 is 1.35 bits per heavy atom. The van der Waals surface area contributed by atoms with Crippen LogP contribution >= 0.6 is 11.8 Å². The number of anilines is 1. The second-order valence-corrected chi connectivity index (χ2v) is 7.27. The minimum absolute atomic E-state index is 0.332. The van der Waals surface area contributed by atoms with Gasteiger partial charge in [0.2, 0.25) is 0 Å². The molecule has 3 rings (SSSR count). The molecule has 0 saturated carbocycles. The van der Waals surface area contributed by atoms with Crippen molar-refractivity contribution in [3.63, 3.8) is 0 Å². The van der Waals surface area contributed by atoms with Crippen LogP contribution in [-0.4, -0.2) is 54.6 Å². The zero-order valence-electron chi connectivity index (χ0n) is 13.2. The number of fused-ring (bicyclic) bond motifs is 1. The average Bonchev–Trinajstić information content (AvgIpc) is 3.04. The number of rotatable bonds is 5. The molecular weight excluding hydrogens is 316 g/mol. The topological polar surface area (TPSA) is 106 Å². The Kier molecular flexibility index (Phi) is 4.77. The van der Waals surface area contributed by atoms with Crippen molar-refractivity contribution < 1.29 is 14.9 Å². The highest BCUT2D eigenvalue weighted by molar-refractivity contribution is 7.99. The van der Waals surface area contributed by atoms with Crippen molar-refractivity contribution in [1.29, 1.82) is 0 Å². The van der Waals surface area contributed by atoms with Gasteiger partial charge in [-0.2, -0.15) is 11.8 Å². The summed E-state index contributed by atoms with van der Waals surface area (Å²) in [6.45, 7) is 4.29. The van der Waals surface area contributed by atoms with Crippen LogP contribution < -0.4 is 5.73 Å². The molecule has 0 spiro atoms. The molecule has 0 amide bonds. The Bertz CT molecular complexity index is 678. The van der Waals surface area contributed by atoms with Crippen LogP contribution in [0.2, 0.25) is 0 Å². The Hall–Kier alpha value is -1.35. The summed E-state index contributed by atoms with van der Waals surface area (Å²) in [5, 5.41) is 20.6. The fourth-order valence-electron chi connectivity index (χ4n) is 2.70. The minimum Gasteiger partial charge on any atom is -0.387 e. The number of aromatic nitrogens is 3. The number of nitrogen functional groups attached to an aromatic ring is 1. The first-order valence-corrected chi connectivity index (χ1v) is 8.81. The van der Waals surface area contributed by atoms with Gasteiger partial charge < -0.3 is 25.3 Å². The molecule has 0 aliphatic carbocycles. The van der Waals surface area contributed by atoms with Gasteiger partial charge in [-0.25, -0.2) is 9.97 Å². The summed E-state index contributed by atoms with van der Waals surface area (Å²) in [4.78, 5) is 8.23. The number of hydrogen-bond acceptors (Lipinski definition) is 7. The van der Waals surface area contributed by atoms with Crippen molar-refractivity contribution in [3.8, 4) is 0 Å². The van der Waals surface area contributed by atoms with Gasteiger partial charge in [0.05, 0.1) is 17.9 Å². The lowest BCUT2D eigenvalue weighted by molar-refractivity contribution is -0.0285. The molecule has 0 unspecified atom stereocenters. The smallest absolute Gasteiger partial charge is 0.164 e. The summed E-state index contributed by atoms with van der Waals surface area (Å²) in [6, 6.07) is 1.77. The van der Waals surface area contributed by atoms with E-state index < -0.39 is 24.5 Å². The molecule has 0 bridgehead atoms. The SMILES string of the molecule is CC(C)CSC[C@H]1O[C@@H](n2cnc3c(N)nccc32)[C@H](O)[C@@H]1O. The Balaban J connectivity index is 1.78. The molecule has 4 N–H and O–H groups in total. The number of hydrogen-bond donors (Lipinski definition) is 3. The van der Waals surface area contributed by atoms with Crippen LogP contribution in [-0.2, 0) is 4.74 Å². The maximum atomic E-state index is 10.4. The van der Waals surface area contributed by atoms with E-state index in [4.69, 9.17) is 10.5 Å². The molecule has 126 valence electrons. The van der Waals surface area contributed by atoms with Crippen molar-refractivity contribution in [2.24, 2.45) is 5.92 Å². The molecule has 0 aromatic carbocycles. The fraction of sp³-hybridized carbons (Fsp3) is 0.600. The molecule has 8 heteroatoms. The zero-order valence-corrected chi connectivity index (χ0v) is 14.0. The average molecular weight is 338 g/mol. The molecule has 1 fully saturated rings. The summed E-state index contributed by atoms with van der Waals surface area (Å²) in [7, 11) is 0. The predicted octanol–water partition coefficient (Wildman–Crippen LogP) is 1.02. The summed E-state index contributed by atoms with van der Waals surface area (Å²) in [5.74, 6) is 2.54. The number of nitrogens with two attached hydrogens (primary N) is 1. The third-order valence-corrected chi connectivity index (χ3v) is 5.33. The number of imidazole rings is 1. The third kappa shape index (κ3) is 3.16. The standard InChI is InChI=1S/C15H22N4O3S/c1-8(2)5-23-6-10-12(20)13(21)15(22-10)19-7-18-11-9(19)3-4-17-14(11)16/h3-4,7-8,10,12-13,15,20-21H,5-6H2,1-2H3,(H2,16,17)/t10-,12-,13-,15-/m1/s1. The van der Waals surface area contributed by atoms with E-state index in [0.717, 1.165) is 11.3 Å². The normalized spacial score (nSPS) is 28.0. The van der Waals surface area contributed by atoms with Gasteiger partial charge in [0, 0.05) is 11.9 Å². The molecule has 1 aliphatic heterocycles. The molecular formula is C15H22N4O3S. The van der Waals surface area contributed by atoms with Crippen molar-refractivity contribution in [1.82, 2.24) is 14.5 Å². The number of aliphatic hydroxyl groups excluding tert-OH is 2. The Morgan fingerprint density at radius 2 is 2.13 bits per heavy atom. The van der Waals surface area contributed by atoms with Crippen LogP contribution in [0.5, 0.6) is 0 Å². The molecule has 2 aromatic heterocycles. The van der Waals surface area contributed by atoms with Gasteiger partial charge in [0.1, 0.15) is 17.7 Å². The van der Waals surface area contributed by atoms with E-state index >= 15 is 0 Å². The number of ether oxygens (including phenoxy) is 1. The van der Waals surface area contributed by atoms with Gasteiger partial charge in [-0.15, -0.1) is 0 Å². The highest BCUT2D eigenvalue weighted by atomic mass is 32.2. The first-order chi connectivity index (χ1) is 11.0. The van der Waals surface area contributed by atoms with E-state index in [1.165, 1.54) is 0 Å². The van der Waals surface area contributed by atoms with Gasteiger partial charge in [0.15, 0.2) is 12.0 Å². The highest BCUT2D eigenvalue weighted by Crippen LogP contribution is 2.33. The molecule has 0 radical (unpaired) electrons. The molecule has 23 heavy (non-hydrogen) atoms. The van der Waals surface area contributed by atoms with Crippen LogP contribution in [0.1, 0.15) is 20.1 Å². The molecule has 1 saturated heterocycles. The lowest BCUT2D eigenvalue weighted by Gasteiger charge is -2.17. The van der Waals surface area contributed by atoms with Gasteiger partial charge in [-0.3, -0.25) is 0 Å². The molecule has 7 nitrogen and oxygen atoms in total. The third-order valence-electron chi connectivity index (χ3n) is 3.87. The van der Waals surface area contributed by atoms with Crippen molar-refractivity contribution in [2.45, 2.75) is 38.4 Å². The predicted molar refractivity (Wildman–Crippen MR) is 90.0 cm³/mol. The second-order valence-electron chi connectivity index (χ2n) is 6.19. The number of nitrogens with zero attached hydrogens (tertiary/aromatic N) is 3. The molecule has 2 aromatic rings.